The number of nitrogens with one attached hydrogen (secondary N) is 1. The molecule has 18 heavy (non-hydrogen) atoms. The standard InChI is InChI=1S/C15H22FNO/c1-10(13-8-11(16)4-5-14(13)18)17-12-6-7-15(2,3)9-12/h4-5,8,10,12,17-18H,6-7,9H2,1-3H3. The minimum Gasteiger partial charge on any atom is -0.508 e. The van der Waals surface area contributed by atoms with Gasteiger partial charge in [-0.2, -0.15) is 0 Å². The molecule has 0 heterocycles. The van der Waals surface area contributed by atoms with Crippen molar-refractivity contribution in [2.75, 3.05) is 0 Å². The maximum atomic E-state index is 13.2. The Balaban J connectivity index is 2.04. The summed E-state index contributed by atoms with van der Waals surface area (Å²) in [5.41, 5.74) is 1.03. The molecular weight excluding hydrogens is 229 g/mol. The summed E-state index contributed by atoms with van der Waals surface area (Å²) >= 11 is 0. The normalized spacial score (nSPS) is 24.1. The van der Waals surface area contributed by atoms with Gasteiger partial charge in [-0.15, -0.1) is 0 Å². The Morgan fingerprint density at radius 3 is 2.78 bits per heavy atom. The Hall–Kier alpha value is -1.09. The highest BCUT2D eigenvalue weighted by molar-refractivity contribution is 5.34. The second-order valence-electron chi connectivity index (χ2n) is 6.20. The van der Waals surface area contributed by atoms with Crippen LogP contribution in [0, 0.1) is 11.2 Å². The van der Waals surface area contributed by atoms with Crippen LogP contribution in [0.25, 0.3) is 0 Å². The van der Waals surface area contributed by atoms with E-state index in [1.165, 1.54) is 24.6 Å². The minimum absolute atomic E-state index is 0.0281. The summed E-state index contributed by atoms with van der Waals surface area (Å²) in [6, 6.07) is 4.54. The zero-order chi connectivity index (χ0) is 13.3. The second kappa shape index (κ2) is 4.88. The van der Waals surface area contributed by atoms with E-state index in [4.69, 9.17) is 0 Å². The number of phenolic OH excluding ortho intramolecular Hbond substituents is 1. The van der Waals surface area contributed by atoms with Crippen LogP contribution in [0.4, 0.5) is 4.39 Å². The summed E-state index contributed by atoms with van der Waals surface area (Å²) in [6.07, 6.45) is 3.49. The van der Waals surface area contributed by atoms with Gasteiger partial charge in [0.15, 0.2) is 0 Å². The molecule has 0 aromatic heterocycles. The van der Waals surface area contributed by atoms with Crippen LogP contribution in [0.15, 0.2) is 18.2 Å². The number of rotatable bonds is 3. The maximum Gasteiger partial charge on any atom is 0.123 e. The highest BCUT2D eigenvalue weighted by atomic mass is 19.1. The van der Waals surface area contributed by atoms with E-state index < -0.39 is 0 Å². The predicted molar refractivity (Wildman–Crippen MR) is 71.0 cm³/mol. The van der Waals surface area contributed by atoms with Gasteiger partial charge in [-0.25, -0.2) is 4.39 Å². The highest BCUT2D eigenvalue weighted by Gasteiger charge is 2.31. The molecule has 1 saturated carbocycles. The van der Waals surface area contributed by atoms with Gasteiger partial charge in [0.25, 0.3) is 0 Å². The summed E-state index contributed by atoms with van der Waals surface area (Å²) in [5, 5.41) is 13.3. The molecule has 1 aliphatic carbocycles. The molecule has 1 aliphatic rings. The van der Waals surface area contributed by atoms with Crippen LogP contribution in [0.5, 0.6) is 5.75 Å². The Labute approximate surface area is 108 Å². The third kappa shape index (κ3) is 3.02. The van der Waals surface area contributed by atoms with Crippen LogP contribution in [-0.4, -0.2) is 11.1 Å². The number of aromatic hydroxyl groups is 1. The van der Waals surface area contributed by atoms with Crippen LogP contribution in [-0.2, 0) is 0 Å². The zero-order valence-corrected chi connectivity index (χ0v) is 11.3. The average Bonchev–Trinajstić information content (AvgIpc) is 2.61. The van der Waals surface area contributed by atoms with Crippen molar-refractivity contribution in [1.29, 1.82) is 0 Å². The maximum absolute atomic E-state index is 13.2. The van der Waals surface area contributed by atoms with Gasteiger partial charge < -0.3 is 10.4 Å². The zero-order valence-electron chi connectivity index (χ0n) is 11.3. The van der Waals surface area contributed by atoms with Crippen molar-refractivity contribution in [1.82, 2.24) is 5.32 Å². The number of benzene rings is 1. The molecule has 0 aliphatic heterocycles. The van der Waals surface area contributed by atoms with Gasteiger partial charge in [0.2, 0.25) is 0 Å². The van der Waals surface area contributed by atoms with E-state index in [-0.39, 0.29) is 17.6 Å². The van der Waals surface area contributed by atoms with Gasteiger partial charge in [0.1, 0.15) is 11.6 Å². The van der Waals surface area contributed by atoms with Crippen molar-refractivity contribution in [3.8, 4) is 5.75 Å². The van der Waals surface area contributed by atoms with E-state index in [0.717, 1.165) is 12.8 Å². The van der Waals surface area contributed by atoms with Gasteiger partial charge in [-0.3, -0.25) is 0 Å². The molecule has 0 radical (unpaired) electrons. The summed E-state index contributed by atoms with van der Waals surface area (Å²) in [5.74, 6) is -0.142. The fourth-order valence-corrected chi connectivity index (χ4v) is 2.89. The van der Waals surface area contributed by atoms with E-state index >= 15 is 0 Å². The molecule has 2 nitrogen and oxygen atoms in total. The van der Waals surface area contributed by atoms with Crippen molar-refractivity contribution in [3.63, 3.8) is 0 Å². The third-order valence-corrected chi connectivity index (χ3v) is 3.91. The number of phenols is 1. The summed E-state index contributed by atoms with van der Waals surface area (Å²) in [7, 11) is 0. The molecule has 1 aromatic carbocycles. The first-order valence-electron chi connectivity index (χ1n) is 6.62. The van der Waals surface area contributed by atoms with Crippen LogP contribution < -0.4 is 5.32 Å². The second-order valence-corrected chi connectivity index (χ2v) is 6.20. The molecule has 2 N–H and O–H groups in total. The van der Waals surface area contributed by atoms with Crippen molar-refractivity contribution in [3.05, 3.63) is 29.6 Å². The number of hydrogen-bond acceptors (Lipinski definition) is 2. The molecule has 0 spiro atoms. The number of hydrogen-bond donors (Lipinski definition) is 2. The highest BCUT2D eigenvalue weighted by Crippen LogP contribution is 2.38. The SMILES string of the molecule is CC(NC1CCC(C)(C)C1)c1cc(F)ccc1O. The first-order chi connectivity index (χ1) is 8.37. The summed E-state index contributed by atoms with van der Waals surface area (Å²) in [6.45, 7) is 6.53. The van der Waals surface area contributed by atoms with Gasteiger partial charge in [0, 0.05) is 17.6 Å². The average molecular weight is 251 g/mol. The van der Waals surface area contributed by atoms with Crippen molar-refractivity contribution >= 4 is 0 Å². The molecule has 2 unspecified atom stereocenters. The Kier molecular flexibility index (Phi) is 3.62. The predicted octanol–water partition coefficient (Wildman–Crippen LogP) is 3.76. The first-order valence-corrected chi connectivity index (χ1v) is 6.62. The van der Waals surface area contributed by atoms with E-state index in [0.29, 0.717) is 17.0 Å². The molecule has 1 aromatic rings. The summed E-state index contributed by atoms with van der Waals surface area (Å²) in [4.78, 5) is 0. The van der Waals surface area contributed by atoms with Crippen molar-refractivity contribution in [2.24, 2.45) is 5.41 Å². The smallest absolute Gasteiger partial charge is 0.123 e. The first kappa shape index (κ1) is 13.3. The molecule has 1 fully saturated rings. The lowest BCUT2D eigenvalue weighted by Gasteiger charge is -2.22. The lowest BCUT2D eigenvalue weighted by molar-refractivity contribution is 0.354. The van der Waals surface area contributed by atoms with E-state index in [2.05, 4.69) is 19.2 Å². The largest absolute Gasteiger partial charge is 0.508 e. The Morgan fingerprint density at radius 2 is 2.17 bits per heavy atom. The van der Waals surface area contributed by atoms with Gasteiger partial charge >= 0.3 is 0 Å². The fraction of sp³-hybridized carbons (Fsp3) is 0.600. The quantitative estimate of drug-likeness (QED) is 0.857. The molecule has 2 rings (SSSR count). The molecule has 0 saturated heterocycles. The molecule has 0 amide bonds. The monoisotopic (exact) mass is 251 g/mol. The van der Waals surface area contributed by atoms with Crippen LogP contribution in [0.2, 0.25) is 0 Å². The van der Waals surface area contributed by atoms with Crippen LogP contribution in [0.3, 0.4) is 0 Å². The Bertz CT molecular complexity index is 431. The summed E-state index contributed by atoms with van der Waals surface area (Å²) < 4.78 is 13.2. The van der Waals surface area contributed by atoms with Crippen molar-refractivity contribution < 1.29 is 9.50 Å². The van der Waals surface area contributed by atoms with Gasteiger partial charge in [-0.05, 0) is 49.8 Å². The molecule has 0 bridgehead atoms. The minimum atomic E-state index is -0.303. The topological polar surface area (TPSA) is 32.3 Å². The Morgan fingerprint density at radius 1 is 1.44 bits per heavy atom. The molecular formula is C15H22FNO. The number of halogens is 1. The third-order valence-electron chi connectivity index (χ3n) is 3.91. The van der Waals surface area contributed by atoms with Crippen molar-refractivity contribution in [2.45, 2.75) is 52.1 Å². The van der Waals surface area contributed by atoms with E-state index in [1.807, 2.05) is 6.92 Å². The van der Waals surface area contributed by atoms with Gasteiger partial charge in [0.05, 0.1) is 0 Å². The molecule has 100 valence electrons. The van der Waals surface area contributed by atoms with E-state index in [9.17, 15) is 9.50 Å². The van der Waals surface area contributed by atoms with Crippen LogP contribution in [0.1, 0.15) is 51.6 Å². The fourth-order valence-electron chi connectivity index (χ4n) is 2.89. The van der Waals surface area contributed by atoms with E-state index in [1.54, 1.807) is 0 Å². The molecule has 3 heteroatoms. The van der Waals surface area contributed by atoms with Gasteiger partial charge in [-0.1, -0.05) is 13.8 Å². The van der Waals surface area contributed by atoms with Crippen LogP contribution >= 0.6 is 0 Å². The lowest BCUT2D eigenvalue weighted by atomic mass is 9.91. The molecule has 2 atom stereocenters. The lowest BCUT2D eigenvalue weighted by Crippen LogP contribution is -2.30.